The SMILES string of the molecule is Cc1cc(C(=O)Nc2cc3c(cc2N)OCO3)ccc1NC(=O)CC(C)C.Cl. The molecule has 0 atom stereocenters. The minimum atomic E-state index is -0.302. The molecule has 0 bridgehead atoms. The van der Waals surface area contributed by atoms with E-state index in [9.17, 15) is 9.59 Å². The van der Waals surface area contributed by atoms with Gasteiger partial charge in [-0.1, -0.05) is 13.8 Å². The van der Waals surface area contributed by atoms with Crippen molar-refractivity contribution in [3.05, 3.63) is 41.5 Å². The van der Waals surface area contributed by atoms with E-state index in [1.54, 1.807) is 30.3 Å². The highest BCUT2D eigenvalue weighted by Gasteiger charge is 2.18. The molecule has 0 unspecified atom stereocenters. The highest BCUT2D eigenvalue weighted by molar-refractivity contribution is 6.06. The first-order valence-electron chi connectivity index (χ1n) is 8.74. The average molecular weight is 406 g/mol. The molecule has 28 heavy (non-hydrogen) atoms. The number of ether oxygens (including phenoxy) is 2. The fraction of sp³-hybridized carbons (Fsp3) is 0.300. The fourth-order valence-electron chi connectivity index (χ4n) is 2.78. The number of nitrogens with one attached hydrogen (secondary N) is 2. The van der Waals surface area contributed by atoms with E-state index < -0.39 is 0 Å². The molecule has 1 aliphatic heterocycles. The third kappa shape index (κ3) is 4.86. The molecule has 150 valence electrons. The van der Waals surface area contributed by atoms with Crippen LogP contribution in [0.3, 0.4) is 0 Å². The Morgan fingerprint density at radius 1 is 1.07 bits per heavy atom. The lowest BCUT2D eigenvalue weighted by atomic mass is 10.1. The molecule has 0 aromatic heterocycles. The lowest BCUT2D eigenvalue weighted by Crippen LogP contribution is -2.16. The number of hydrogen-bond acceptors (Lipinski definition) is 5. The second kappa shape index (κ2) is 8.84. The van der Waals surface area contributed by atoms with Gasteiger partial charge in [-0.05, 0) is 36.6 Å². The van der Waals surface area contributed by atoms with Crippen LogP contribution in [0.1, 0.15) is 36.2 Å². The Bertz CT molecular complexity index is 899. The van der Waals surface area contributed by atoms with Crippen molar-refractivity contribution in [3.8, 4) is 11.5 Å². The predicted octanol–water partition coefficient (Wildman–Crippen LogP) is 3.96. The van der Waals surface area contributed by atoms with Crippen LogP contribution < -0.4 is 25.8 Å². The smallest absolute Gasteiger partial charge is 0.255 e. The van der Waals surface area contributed by atoms with Gasteiger partial charge in [0.2, 0.25) is 12.7 Å². The molecular weight excluding hydrogens is 382 g/mol. The molecule has 4 N–H and O–H groups in total. The van der Waals surface area contributed by atoms with Gasteiger partial charge in [0.25, 0.3) is 5.91 Å². The van der Waals surface area contributed by atoms with E-state index in [1.165, 1.54) is 0 Å². The van der Waals surface area contributed by atoms with Gasteiger partial charge in [-0.3, -0.25) is 9.59 Å². The normalized spacial score (nSPS) is 11.7. The largest absolute Gasteiger partial charge is 0.454 e. The van der Waals surface area contributed by atoms with E-state index >= 15 is 0 Å². The standard InChI is InChI=1S/C20H23N3O4.ClH/c1-11(2)6-19(24)22-15-5-4-13(7-12(15)3)20(25)23-16-9-18-17(8-14(16)21)26-10-27-18;/h4-5,7-9,11H,6,10,21H2,1-3H3,(H,22,24)(H,23,25);1H. The van der Waals surface area contributed by atoms with E-state index in [-0.39, 0.29) is 36.9 Å². The molecule has 2 aromatic rings. The number of hydrogen-bond donors (Lipinski definition) is 3. The number of halogens is 1. The van der Waals surface area contributed by atoms with Crippen LogP contribution >= 0.6 is 12.4 Å². The number of carbonyl (C=O) groups is 2. The maximum absolute atomic E-state index is 12.6. The Morgan fingerprint density at radius 3 is 2.39 bits per heavy atom. The monoisotopic (exact) mass is 405 g/mol. The van der Waals surface area contributed by atoms with Crippen molar-refractivity contribution in [2.24, 2.45) is 5.92 Å². The molecule has 0 radical (unpaired) electrons. The summed E-state index contributed by atoms with van der Waals surface area (Å²) in [4.78, 5) is 24.5. The van der Waals surface area contributed by atoms with Crippen LogP contribution in [-0.2, 0) is 4.79 Å². The number of fused-ring (bicyclic) bond motifs is 1. The van der Waals surface area contributed by atoms with Gasteiger partial charge in [0.05, 0.1) is 11.4 Å². The van der Waals surface area contributed by atoms with E-state index in [1.807, 2.05) is 20.8 Å². The van der Waals surface area contributed by atoms with E-state index in [2.05, 4.69) is 10.6 Å². The van der Waals surface area contributed by atoms with Gasteiger partial charge in [0, 0.05) is 29.8 Å². The summed E-state index contributed by atoms with van der Waals surface area (Å²) in [5, 5.41) is 5.66. The number of carbonyl (C=O) groups excluding carboxylic acids is 2. The maximum Gasteiger partial charge on any atom is 0.255 e. The topological polar surface area (TPSA) is 103 Å². The van der Waals surface area contributed by atoms with Crippen molar-refractivity contribution < 1.29 is 19.1 Å². The lowest BCUT2D eigenvalue weighted by Gasteiger charge is -2.12. The Kier molecular flexibility index (Phi) is 6.75. The third-order valence-corrected chi connectivity index (χ3v) is 4.15. The molecule has 0 spiro atoms. The summed E-state index contributed by atoms with van der Waals surface area (Å²) in [6.07, 6.45) is 0.449. The molecule has 0 saturated heterocycles. The number of anilines is 3. The number of aryl methyl sites for hydroxylation is 1. The van der Waals surface area contributed by atoms with Crippen molar-refractivity contribution in [1.82, 2.24) is 0 Å². The van der Waals surface area contributed by atoms with Gasteiger partial charge in [-0.25, -0.2) is 0 Å². The van der Waals surface area contributed by atoms with Crippen molar-refractivity contribution in [2.45, 2.75) is 27.2 Å². The highest BCUT2D eigenvalue weighted by Crippen LogP contribution is 2.38. The molecule has 0 fully saturated rings. The van der Waals surface area contributed by atoms with Crippen LogP contribution in [0.5, 0.6) is 11.5 Å². The number of rotatable bonds is 5. The van der Waals surface area contributed by atoms with Gasteiger partial charge in [0.1, 0.15) is 0 Å². The molecule has 0 aliphatic carbocycles. The molecule has 1 aliphatic rings. The fourth-order valence-corrected chi connectivity index (χ4v) is 2.78. The van der Waals surface area contributed by atoms with Gasteiger partial charge in [0.15, 0.2) is 11.5 Å². The molecule has 1 heterocycles. The van der Waals surface area contributed by atoms with Gasteiger partial charge in [-0.2, -0.15) is 0 Å². The minimum absolute atomic E-state index is 0. The number of amides is 2. The van der Waals surface area contributed by atoms with Crippen molar-refractivity contribution >= 4 is 41.3 Å². The Balaban J connectivity index is 0.00000280. The summed E-state index contributed by atoms with van der Waals surface area (Å²) in [5.41, 5.74) is 8.78. The average Bonchev–Trinajstić information content (AvgIpc) is 3.03. The van der Waals surface area contributed by atoms with Crippen LogP contribution in [0.15, 0.2) is 30.3 Å². The zero-order chi connectivity index (χ0) is 19.6. The molecule has 7 nitrogen and oxygen atoms in total. The highest BCUT2D eigenvalue weighted by atomic mass is 35.5. The zero-order valence-electron chi connectivity index (χ0n) is 16.0. The first kappa shape index (κ1) is 21.4. The molecule has 8 heteroatoms. The van der Waals surface area contributed by atoms with Gasteiger partial charge in [-0.15, -0.1) is 12.4 Å². The third-order valence-electron chi connectivity index (χ3n) is 4.15. The lowest BCUT2D eigenvalue weighted by molar-refractivity contribution is -0.116. The van der Waals surface area contributed by atoms with Crippen LogP contribution in [-0.4, -0.2) is 18.6 Å². The first-order chi connectivity index (χ1) is 12.8. The van der Waals surface area contributed by atoms with Crippen LogP contribution in [0.25, 0.3) is 0 Å². The quantitative estimate of drug-likeness (QED) is 0.653. The van der Waals surface area contributed by atoms with Crippen LogP contribution in [0.2, 0.25) is 0 Å². The number of nitrogen functional groups attached to an aromatic ring is 1. The van der Waals surface area contributed by atoms with Crippen LogP contribution in [0, 0.1) is 12.8 Å². The number of nitrogens with two attached hydrogens (primary N) is 1. The Hall–Kier alpha value is -2.93. The van der Waals surface area contributed by atoms with E-state index in [4.69, 9.17) is 15.2 Å². The zero-order valence-corrected chi connectivity index (χ0v) is 16.8. The second-order valence-electron chi connectivity index (χ2n) is 6.92. The predicted molar refractivity (Wildman–Crippen MR) is 111 cm³/mol. The summed E-state index contributed by atoms with van der Waals surface area (Å²) in [7, 11) is 0. The number of benzene rings is 2. The molecule has 2 aromatic carbocycles. The van der Waals surface area contributed by atoms with Crippen molar-refractivity contribution in [3.63, 3.8) is 0 Å². The summed E-state index contributed by atoms with van der Waals surface area (Å²) < 4.78 is 10.6. The van der Waals surface area contributed by atoms with E-state index in [0.717, 1.165) is 5.56 Å². The second-order valence-corrected chi connectivity index (χ2v) is 6.92. The summed E-state index contributed by atoms with van der Waals surface area (Å²) in [6, 6.07) is 8.38. The van der Waals surface area contributed by atoms with Crippen LogP contribution in [0.4, 0.5) is 17.1 Å². The molecule has 2 amide bonds. The van der Waals surface area contributed by atoms with Gasteiger partial charge >= 0.3 is 0 Å². The van der Waals surface area contributed by atoms with Gasteiger partial charge < -0.3 is 25.8 Å². The van der Waals surface area contributed by atoms with Crippen molar-refractivity contribution in [1.29, 1.82) is 0 Å². The Labute approximate surface area is 170 Å². The Morgan fingerprint density at radius 2 is 1.75 bits per heavy atom. The summed E-state index contributed by atoms with van der Waals surface area (Å²) in [5.74, 6) is 1.03. The summed E-state index contributed by atoms with van der Waals surface area (Å²) >= 11 is 0. The molecule has 0 saturated carbocycles. The molecule has 3 rings (SSSR count). The first-order valence-corrected chi connectivity index (χ1v) is 8.74. The summed E-state index contributed by atoms with van der Waals surface area (Å²) in [6.45, 7) is 5.95. The van der Waals surface area contributed by atoms with E-state index in [0.29, 0.717) is 40.5 Å². The van der Waals surface area contributed by atoms with Crippen molar-refractivity contribution in [2.75, 3.05) is 23.2 Å². The minimum Gasteiger partial charge on any atom is -0.454 e. The maximum atomic E-state index is 12.6. The molecular formula is C20H24ClN3O4.